The average molecular weight is 273 g/mol. The van der Waals surface area contributed by atoms with Crippen LogP contribution >= 0.6 is 0 Å². The lowest BCUT2D eigenvalue weighted by Gasteiger charge is -2.17. The van der Waals surface area contributed by atoms with E-state index in [0.29, 0.717) is 29.7 Å². The Balaban J connectivity index is 1.66. The lowest BCUT2D eigenvalue weighted by molar-refractivity contribution is 0.447. The van der Waals surface area contributed by atoms with Crippen molar-refractivity contribution >= 4 is 18.1 Å². The zero-order chi connectivity index (χ0) is 12.4. The highest BCUT2D eigenvalue weighted by molar-refractivity contribution is 7.89. The van der Waals surface area contributed by atoms with E-state index in [1.54, 1.807) is 0 Å². The number of sulfonamides is 1. The molecule has 3 fully saturated rings. The van der Waals surface area contributed by atoms with Gasteiger partial charge in [-0.1, -0.05) is 19.6 Å². The number of hydrogen-bond acceptors (Lipinski definition) is 2. The summed E-state index contributed by atoms with van der Waals surface area (Å²) >= 11 is 0. The third kappa shape index (κ3) is 2.00. The molecule has 0 aromatic carbocycles. The van der Waals surface area contributed by atoms with Crippen molar-refractivity contribution in [3.05, 3.63) is 0 Å². The van der Waals surface area contributed by atoms with E-state index >= 15 is 0 Å². The molecule has 5 heteroatoms. The lowest BCUT2D eigenvalue weighted by Crippen LogP contribution is -2.29. The van der Waals surface area contributed by atoms with Gasteiger partial charge in [0.25, 0.3) is 0 Å². The van der Waals surface area contributed by atoms with Gasteiger partial charge in [-0.2, -0.15) is 4.31 Å². The molecule has 98 valence electrons. The molecule has 1 heterocycles. The third-order valence-corrected chi connectivity index (χ3v) is 8.72. The number of piperidine rings is 1. The van der Waals surface area contributed by atoms with Crippen molar-refractivity contribution in [1.29, 1.82) is 0 Å². The molecule has 2 saturated carbocycles. The van der Waals surface area contributed by atoms with Crippen molar-refractivity contribution in [2.75, 3.05) is 5.75 Å². The number of fused-ring (bicyclic) bond motifs is 5. The van der Waals surface area contributed by atoms with Gasteiger partial charge in [-0.15, -0.1) is 0 Å². The van der Waals surface area contributed by atoms with Gasteiger partial charge in [0.2, 0.25) is 10.0 Å². The van der Waals surface area contributed by atoms with Crippen molar-refractivity contribution in [2.24, 2.45) is 11.8 Å². The minimum Gasteiger partial charge on any atom is -0.212 e. The molecule has 3 rings (SSSR count). The summed E-state index contributed by atoms with van der Waals surface area (Å²) in [4.78, 5) is 0. The predicted octanol–water partition coefficient (Wildman–Crippen LogP) is 2.14. The van der Waals surface area contributed by atoms with Gasteiger partial charge in [-0.3, -0.25) is 0 Å². The van der Waals surface area contributed by atoms with Crippen LogP contribution < -0.4 is 0 Å². The summed E-state index contributed by atoms with van der Waals surface area (Å²) in [6, 6.07) is 1.74. The summed E-state index contributed by atoms with van der Waals surface area (Å²) in [5.41, 5.74) is 0. The Morgan fingerprint density at radius 1 is 1.12 bits per heavy atom. The Bertz CT molecular complexity index is 412. The van der Waals surface area contributed by atoms with E-state index in [-0.39, 0.29) is 0 Å². The van der Waals surface area contributed by atoms with Crippen molar-refractivity contribution in [2.45, 2.75) is 57.0 Å². The number of rotatable bonds is 4. The summed E-state index contributed by atoms with van der Waals surface area (Å²) in [6.45, 7) is 6.74. The van der Waals surface area contributed by atoms with Crippen molar-refractivity contribution < 1.29 is 8.42 Å². The Kier molecular flexibility index (Phi) is 2.56. The van der Waals surface area contributed by atoms with Crippen LogP contribution in [0.3, 0.4) is 0 Å². The molecule has 3 aliphatic rings. The molecule has 1 saturated heterocycles. The van der Waals surface area contributed by atoms with Gasteiger partial charge in [0.1, 0.15) is 0 Å². The summed E-state index contributed by atoms with van der Waals surface area (Å²) in [6.07, 6.45) is 3.84. The molecule has 17 heavy (non-hydrogen) atoms. The Morgan fingerprint density at radius 3 is 2.12 bits per heavy atom. The third-order valence-electron chi connectivity index (χ3n) is 4.76. The zero-order valence-corrected chi connectivity index (χ0v) is 12.8. The van der Waals surface area contributed by atoms with Gasteiger partial charge in [0, 0.05) is 20.2 Å². The molecule has 3 nitrogen and oxygen atoms in total. The molecule has 1 aliphatic heterocycles. The van der Waals surface area contributed by atoms with Crippen molar-refractivity contribution in [3.63, 3.8) is 0 Å². The van der Waals surface area contributed by atoms with Crippen molar-refractivity contribution in [1.82, 2.24) is 4.31 Å². The lowest BCUT2D eigenvalue weighted by atomic mass is 10.0. The highest BCUT2D eigenvalue weighted by Crippen LogP contribution is 2.59. The molecule has 0 N–H and O–H groups in total. The minimum absolute atomic E-state index is 0.398. The molecule has 2 aliphatic carbocycles. The summed E-state index contributed by atoms with van der Waals surface area (Å²) in [5.74, 6) is 1.80. The van der Waals surface area contributed by atoms with Crippen LogP contribution in [0.25, 0.3) is 0 Å². The van der Waals surface area contributed by atoms with Crippen LogP contribution in [0, 0.1) is 11.8 Å². The maximum Gasteiger partial charge on any atom is 0.214 e. The predicted molar refractivity (Wildman–Crippen MR) is 72.2 cm³/mol. The fourth-order valence-corrected chi connectivity index (χ4v) is 8.78. The SMILES string of the molecule is C[Si](C)(C)CCS(=O)(=O)N1C2C3CCC(C3)C21. The fourth-order valence-electron chi connectivity index (χ4n) is 3.80. The van der Waals surface area contributed by atoms with Crippen LogP contribution in [-0.2, 0) is 10.0 Å². The van der Waals surface area contributed by atoms with Gasteiger partial charge < -0.3 is 0 Å². The molecular weight excluding hydrogens is 250 g/mol. The first-order chi connectivity index (χ1) is 7.80. The average Bonchev–Trinajstić information content (AvgIpc) is 2.69. The normalized spacial score (nSPS) is 43.8. The van der Waals surface area contributed by atoms with Gasteiger partial charge in [-0.05, 0) is 37.1 Å². The van der Waals surface area contributed by atoms with E-state index in [1.165, 1.54) is 19.3 Å². The Morgan fingerprint density at radius 2 is 1.65 bits per heavy atom. The highest BCUT2D eigenvalue weighted by Gasteiger charge is 2.67. The number of nitrogens with zero attached hydrogens (tertiary/aromatic N) is 1. The standard InChI is InChI=1S/C12H23NO2SSi/c1-17(2,3)7-6-16(14,15)13-11-9-4-5-10(8-9)12(11)13/h9-12H,4-8H2,1-3H3. The second kappa shape index (κ2) is 3.58. The first kappa shape index (κ1) is 12.2. The molecule has 0 radical (unpaired) electrons. The van der Waals surface area contributed by atoms with Crippen LogP contribution in [0.1, 0.15) is 19.3 Å². The first-order valence-corrected chi connectivity index (χ1v) is 12.1. The Hall–Kier alpha value is 0.127. The smallest absolute Gasteiger partial charge is 0.212 e. The molecule has 0 amide bonds. The van der Waals surface area contributed by atoms with Gasteiger partial charge in [-0.25, -0.2) is 8.42 Å². The molecule has 0 aromatic heterocycles. The molecule has 2 bridgehead atoms. The summed E-state index contributed by atoms with van der Waals surface area (Å²) in [7, 11) is -4.18. The molecular formula is C12H23NO2SSi. The van der Waals surface area contributed by atoms with Gasteiger partial charge >= 0.3 is 0 Å². The molecule has 4 unspecified atom stereocenters. The minimum atomic E-state index is -2.94. The Labute approximate surface area is 106 Å². The largest absolute Gasteiger partial charge is 0.214 e. The fraction of sp³-hybridized carbons (Fsp3) is 1.00. The summed E-state index contributed by atoms with van der Waals surface area (Å²) in [5, 5.41) is 0. The zero-order valence-electron chi connectivity index (χ0n) is 11.0. The van der Waals surface area contributed by atoms with Gasteiger partial charge in [0.15, 0.2) is 0 Å². The summed E-state index contributed by atoms with van der Waals surface area (Å²) < 4.78 is 26.5. The highest BCUT2D eigenvalue weighted by atomic mass is 32.2. The van der Waals surface area contributed by atoms with Gasteiger partial charge in [0.05, 0.1) is 5.75 Å². The maximum absolute atomic E-state index is 12.3. The van der Waals surface area contributed by atoms with Crippen LogP contribution in [0.4, 0.5) is 0 Å². The van der Waals surface area contributed by atoms with E-state index in [4.69, 9.17) is 0 Å². The number of hydrogen-bond donors (Lipinski definition) is 0. The van der Waals surface area contributed by atoms with Crippen LogP contribution in [0.5, 0.6) is 0 Å². The molecule has 0 aromatic rings. The van der Waals surface area contributed by atoms with Crippen LogP contribution in [-0.4, -0.2) is 38.6 Å². The van der Waals surface area contributed by atoms with E-state index in [1.807, 2.05) is 4.31 Å². The quantitative estimate of drug-likeness (QED) is 0.581. The molecule has 0 spiro atoms. The van der Waals surface area contributed by atoms with E-state index in [0.717, 1.165) is 6.04 Å². The van der Waals surface area contributed by atoms with E-state index in [9.17, 15) is 8.42 Å². The van der Waals surface area contributed by atoms with Crippen molar-refractivity contribution in [3.8, 4) is 0 Å². The van der Waals surface area contributed by atoms with Crippen LogP contribution in [0.2, 0.25) is 25.7 Å². The second-order valence-corrected chi connectivity index (χ2v) is 14.9. The monoisotopic (exact) mass is 273 g/mol. The van der Waals surface area contributed by atoms with E-state index in [2.05, 4.69) is 19.6 Å². The topological polar surface area (TPSA) is 37.1 Å². The first-order valence-electron chi connectivity index (χ1n) is 6.81. The van der Waals surface area contributed by atoms with Crippen LogP contribution in [0.15, 0.2) is 0 Å². The maximum atomic E-state index is 12.3. The second-order valence-electron chi connectivity index (χ2n) is 7.27. The molecule has 4 atom stereocenters. The van der Waals surface area contributed by atoms with E-state index < -0.39 is 18.1 Å².